The molecule has 2 heterocycles. The first-order valence-corrected chi connectivity index (χ1v) is 7.71. The zero-order valence-electron chi connectivity index (χ0n) is 11.2. The van der Waals surface area contributed by atoms with Gasteiger partial charge in [-0.3, -0.25) is 4.79 Å². The molecule has 1 aromatic rings. The summed E-state index contributed by atoms with van der Waals surface area (Å²) < 4.78 is 0. The van der Waals surface area contributed by atoms with Gasteiger partial charge >= 0.3 is 0 Å². The fourth-order valence-electron chi connectivity index (χ4n) is 2.92. The minimum atomic E-state index is 0. The molecule has 1 aromatic carbocycles. The Balaban J connectivity index is 0.00000133. The number of benzene rings is 1. The summed E-state index contributed by atoms with van der Waals surface area (Å²) in [7, 11) is 0. The maximum Gasteiger partial charge on any atom is 0.255 e. The third kappa shape index (κ3) is 2.26. The van der Waals surface area contributed by atoms with Crippen molar-refractivity contribution < 1.29 is 4.79 Å². The summed E-state index contributed by atoms with van der Waals surface area (Å²) >= 11 is 1.69. The Morgan fingerprint density at radius 1 is 1.47 bits per heavy atom. The molecule has 2 aliphatic heterocycles. The number of piperazine rings is 1. The van der Waals surface area contributed by atoms with Crippen LogP contribution >= 0.6 is 24.2 Å². The van der Waals surface area contributed by atoms with Crippen molar-refractivity contribution in [1.82, 2.24) is 10.2 Å². The van der Waals surface area contributed by atoms with E-state index in [4.69, 9.17) is 0 Å². The first-order valence-electron chi connectivity index (χ1n) is 6.48. The molecule has 1 fully saturated rings. The molecule has 3 rings (SSSR count). The molecule has 0 radical (unpaired) electrons. The lowest BCUT2D eigenvalue weighted by atomic mass is 9.99. The van der Waals surface area contributed by atoms with Gasteiger partial charge in [0.2, 0.25) is 0 Å². The molecule has 1 amide bonds. The summed E-state index contributed by atoms with van der Waals surface area (Å²) in [6.07, 6.45) is 3.08. The van der Waals surface area contributed by atoms with Gasteiger partial charge in [0.15, 0.2) is 0 Å². The summed E-state index contributed by atoms with van der Waals surface area (Å²) in [5.74, 6) is 0.225. The van der Waals surface area contributed by atoms with E-state index in [1.807, 2.05) is 4.90 Å². The number of hydrogen-bond acceptors (Lipinski definition) is 3. The quantitative estimate of drug-likeness (QED) is 0.852. The van der Waals surface area contributed by atoms with Crippen LogP contribution in [0.3, 0.4) is 0 Å². The van der Waals surface area contributed by atoms with Gasteiger partial charge in [0.25, 0.3) is 5.91 Å². The van der Waals surface area contributed by atoms with Crippen LogP contribution in [-0.4, -0.2) is 36.7 Å². The van der Waals surface area contributed by atoms with Crippen LogP contribution in [0, 0.1) is 0 Å². The molecule has 19 heavy (non-hydrogen) atoms. The van der Waals surface area contributed by atoms with Gasteiger partial charge in [0, 0.05) is 24.5 Å². The molecular weight excluding hydrogens is 280 g/mol. The van der Waals surface area contributed by atoms with Crippen LogP contribution < -0.4 is 5.32 Å². The lowest BCUT2D eigenvalue weighted by Gasteiger charge is -2.30. The zero-order valence-corrected chi connectivity index (χ0v) is 12.9. The predicted octanol–water partition coefficient (Wildman–Crippen LogP) is 2.49. The molecule has 2 aliphatic rings. The van der Waals surface area contributed by atoms with E-state index in [9.17, 15) is 4.79 Å². The number of amides is 1. The number of halogens is 1. The maximum atomic E-state index is 12.5. The van der Waals surface area contributed by atoms with Gasteiger partial charge in [-0.1, -0.05) is 13.0 Å². The van der Waals surface area contributed by atoms with E-state index in [0.29, 0.717) is 0 Å². The minimum Gasteiger partial charge on any atom is -0.329 e. The van der Waals surface area contributed by atoms with E-state index in [-0.39, 0.29) is 24.4 Å². The summed E-state index contributed by atoms with van der Waals surface area (Å²) in [6, 6.07) is 4.65. The highest BCUT2D eigenvalue weighted by atomic mass is 35.5. The van der Waals surface area contributed by atoms with Gasteiger partial charge in [-0.05, 0) is 29.9 Å². The molecule has 0 aromatic heterocycles. The van der Waals surface area contributed by atoms with Crippen molar-refractivity contribution in [3.63, 3.8) is 0 Å². The SMILES string of the molecule is CCc1cc(SC)c2c(c1)[C@@H]1CNCCN1C2=O.Cl. The monoisotopic (exact) mass is 298 g/mol. The first kappa shape index (κ1) is 14.7. The largest absolute Gasteiger partial charge is 0.329 e. The molecule has 0 bridgehead atoms. The maximum absolute atomic E-state index is 12.5. The first-order chi connectivity index (χ1) is 8.76. The summed E-state index contributed by atoms with van der Waals surface area (Å²) in [4.78, 5) is 15.7. The molecule has 1 atom stereocenters. The Kier molecular flexibility index (Phi) is 4.43. The van der Waals surface area contributed by atoms with Crippen molar-refractivity contribution in [2.24, 2.45) is 0 Å². The molecule has 104 valence electrons. The predicted molar refractivity (Wildman–Crippen MR) is 81.5 cm³/mol. The highest BCUT2D eigenvalue weighted by Crippen LogP contribution is 2.39. The summed E-state index contributed by atoms with van der Waals surface area (Å²) in [6.45, 7) is 4.79. The van der Waals surface area contributed by atoms with Crippen LogP contribution in [0.2, 0.25) is 0 Å². The van der Waals surface area contributed by atoms with E-state index < -0.39 is 0 Å². The molecule has 0 spiro atoms. The highest BCUT2D eigenvalue weighted by molar-refractivity contribution is 7.98. The number of hydrogen-bond donors (Lipinski definition) is 1. The zero-order chi connectivity index (χ0) is 12.7. The molecule has 0 saturated carbocycles. The van der Waals surface area contributed by atoms with Crippen molar-refractivity contribution in [2.75, 3.05) is 25.9 Å². The Morgan fingerprint density at radius 3 is 2.95 bits per heavy atom. The van der Waals surface area contributed by atoms with Crippen molar-refractivity contribution in [3.05, 3.63) is 28.8 Å². The average Bonchev–Trinajstić information content (AvgIpc) is 2.72. The topological polar surface area (TPSA) is 32.3 Å². The normalized spacial score (nSPS) is 20.8. The number of aryl methyl sites for hydroxylation is 1. The Bertz CT molecular complexity index is 506. The van der Waals surface area contributed by atoms with Crippen LogP contribution in [0.1, 0.15) is 34.5 Å². The average molecular weight is 299 g/mol. The van der Waals surface area contributed by atoms with Gasteiger partial charge in [-0.2, -0.15) is 0 Å². The lowest BCUT2D eigenvalue weighted by molar-refractivity contribution is 0.0689. The van der Waals surface area contributed by atoms with Crippen LogP contribution in [0.5, 0.6) is 0 Å². The number of carbonyl (C=O) groups excluding carboxylic acids is 1. The van der Waals surface area contributed by atoms with E-state index in [2.05, 4.69) is 30.6 Å². The summed E-state index contributed by atoms with van der Waals surface area (Å²) in [5, 5.41) is 3.39. The number of rotatable bonds is 2. The number of thioether (sulfide) groups is 1. The van der Waals surface area contributed by atoms with Crippen LogP contribution in [0.25, 0.3) is 0 Å². The van der Waals surface area contributed by atoms with E-state index in [0.717, 1.165) is 36.5 Å². The number of fused-ring (bicyclic) bond motifs is 3. The standard InChI is InChI=1S/C14H18N2OS.ClH/c1-3-9-6-10-11-8-15-4-5-16(11)14(17)13(10)12(7-9)18-2;/h6-7,11,15H,3-5,8H2,1-2H3;1H/t11-;/m0./s1. The molecule has 1 N–H and O–H groups in total. The second-order valence-electron chi connectivity index (χ2n) is 4.83. The third-order valence-corrected chi connectivity index (χ3v) is 4.66. The Labute approximate surface area is 124 Å². The van der Waals surface area contributed by atoms with E-state index in [1.165, 1.54) is 11.1 Å². The third-order valence-electron chi connectivity index (χ3n) is 3.90. The molecule has 0 aliphatic carbocycles. The van der Waals surface area contributed by atoms with Crippen molar-refractivity contribution in [3.8, 4) is 0 Å². The molecular formula is C14H19ClN2OS. The fraction of sp³-hybridized carbons (Fsp3) is 0.500. The minimum absolute atomic E-state index is 0. The second-order valence-corrected chi connectivity index (χ2v) is 5.68. The number of carbonyl (C=O) groups is 1. The smallest absolute Gasteiger partial charge is 0.255 e. The van der Waals surface area contributed by atoms with Crippen LogP contribution in [0.4, 0.5) is 0 Å². The van der Waals surface area contributed by atoms with Crippen LogP contribution in [-0.2, 0) is 6.42 Å². The molecule has 0 unspecified atom stereocenters. The number of nitrogens with zero attached hydrogens (tertiary/aromatic N) is 1. The lowest BCUT2D eigenvalue weighted by Crippen LogP contribution is -2.44. The van der Waals surface area contributed by atoms with Gasteiger partial charge in [-0.15, -0.1) is 24.2 Å². The Hall–Kier alpha value is -0.710. The van der Waals surface area contributed by atoms with Gasteiger partial charge in [0.1, 0.15) is 0 Å². The van der Waals surface area contributed by atoms with Crippen LogP contribution in [0.15, 0.2) is 17.0 Å². The van der Waals surface area contributed by atoms with Crippen molar-refractivity contribution in [1.29, 1.82) is 0 Å². The van der Waals surface area contributed by atoms with E-state index >= 15 is 0 Å². The molecule has 3 nitrogen and oxygen atoms in total. The second kappa shape index (κ2) is 5.73. The van der Waals surface area contributed by atoms with Gasteiger partial charge in [-0.25, -0.2) is 0 Å². The van der Waals surface area contributed by atoms with Crippen molar-refractivity contribution >= 4 is 30.1 Å². The Morgan fingerprint density at radius 2 is 2.26 bits per heavy atom. The fourth-order valence-corrected chi connectivity index (χ4v) is 3.60. The molecule has 1 saturated heterocycles. The van der Waals surface area contributed by atoms with Crippen molar-refractivity contribution in [2.45, 2.75) is 24.3 Å². The molecule has 5 heteroatoms. The van der Waals surface area contributed by atoms with Gasteiger partial charge < -0.3 is 10.2 Å². The highest BCUT2D eigenvalue weighted by Gasteiger charge is 2.39. The van der Waals surface area contributed by atoms with E-state index in [1.54, 1.807) is 11.8 Å². The summed E-state index contributed by atoms with van der Waals surface area (Å²) in [5.41, 5.74) is 3.52. The van der Waals surface area contributed by atoms with Gasteiger partial charge in [0.05, 0.1) is 11.6 Å². The number of nitrogens with one attached hydrogen (secondary N) is 1.